The molecule has 0 atom stereocenters. The second-order valence-electron chi connectivity index (χ2n) is 2.81. The number of allylic oxidation sites excluding steroid dienone is 3. The minimum absolute atomic E-state index is 0.955. The van der Waals surface area contributed by atoms with Crippen LogP contribution in [0.5, 0.6) is 0 Å². The van der Waals surface area contributed by atoms with Crippen LogP contribution in [0.15, 0.2) is 28.8 Å². The molecule has 1 N–H and O–H groups in total. The fourth-order valence-corrected chi connectivity index (χ4v) is 1.32. The van der Waals surface area contributed by atoms with E-state index in [2.05, 4.69) is 22.5 Å². The maximum atomic E-state index is 4.26. The van der Waals surface area contributed by atoms with Crippen LogP contribution in [0, 0.1) is 0 Å². The minimum atomic E-state index is 0.955. The van der Waals surface area contributed by atoms with E-state index in [-0.39, 0.29) is 0 Å². The molecule has 0 aromatic heterocycles. The van der Waals surface area contributed by atoms with Crippen LogP contribution >= 0.6 is 0 Å². The van der Waals surface area contributed by atoms with E-state index in [9.17, 15) is 0 Å². The Hall–Kier alpha value is -0.890. The van der Waals surface area contributed by atoms with Crippen molar-refractivity contribution in [3.63, 3.8) is 0 Å². The predicted molar refractivity (Wildman–Crippen MR) is 65.1 cm³/mol. The van der Waals surface area contributed by atoms with E-state index in [1.807, 2.05) is 33.9 Å². The quantitative estimate of drug-likeness (QED) is 0.681. The van der Waals surface area contributed by atoms with Gasteiger partial charge in [0.05, 0.1) is 0 Å². The lowest BCUT2D eigenvalue weighted by molar-refractivity contribution is 0.729. The number of piperidine rings is 1. The molecule has 0 radical (unpaired) electrons. The van der Waals surface area contributed by atoms with Crippen molar-refractivity contribution < 1.29 is 0 Å². The zero-order valence-electron chi connectivity index (χ0n) is 9.80. The molecule has 2 heteroatoms. The van der Waals surface area contributed by atoms with Crippen LogP contribution in [0.3, 0.4) is 0 Å². The Bertz CT molecular complexity index is 224. The Morgan fingerprint density at radius 2 is 2.07 bits per heavy atom. The minimum Gasteiger partial charge on any atom is -0.312 e. The van der Waals surface area contributed by atoms with Gasteiger partial charge in [-0.1, -0.05) is 32.1 Å². The molecule has 0 spiro atoms. The highest BCUT2D eigenvalue weighted by Crippen LogP contribution is 2.06. The third kappa shape index (κ3) is 4.38. The van der Waals surface area contributed by atoms with Gasteiger partial charge in [-0.05, 0) is 12.5 Å². The summed E-state index contributed by atoms with van der Waals surface area (Å²) < 4.78 is 0. The summed E-state index contributed by atoms with van der Waals surface area (Å²) in [6.07, 6.45) is 7.29. The number of hydrogen-bond acceptors (Lipinski definition) is 2. The van der Waals surface area contributed by atoms with E-state index in [1.54, 1.807) is 0 Å². The average Bonchev–Trinajstić information content (AvgIpc) is 2.29. The summed E-state index contributed by atoms with van der Waals surface area (Å²) in [6.45, 7) is 8.03. The molecule has 0 amide bonds. The van der Waals surface area contributed by atoms with Gasteiger partial charge in [0, 0.05) is 32.3 Å². The van der Waals surface area contributed by atoms with Crippen LogP contribution < -0.4 is 5.32 Å². The Morgan fingerprint density at radius 1 is 1.36 bits per heavy atom. The van der Waals surface area contributed by atoms with Crippen molar-refractivity contribution in [2.75, 3.05) is 20.1 Å². The smallest absolute Gasteiger partial charge is 0.0402 e. The topological polar surface area (TPSA) is 24.4 Å². The number of rotatable bonds is 1. The van der Waals surface area contributed by atoms with E-state index in [0.29, 0.717) is 0 Å². The predicted octanol–water partition coefficient (Wildman–Crippen LogP) is 2.58. The molecule has 1 rings (SSSR count). The zero-order valence-corrected chi connectivity index (χ0v) is 9.80. The number of aliphatic imine (C=N–C) groups is 1. The zero-order chi connectivity index (χ0) is 10.8. The first-order chi connectivity index (χ1) is 6.88. The van der Waals surface area contributed by atoms with Gasteiger partial charge >= 0.3 is 0 Å². The summed E-state index contributed by atoms with van der Waals surface area (Å²) in [5, 5.41) is 3.33. The molecule has 0 aromatic rings. The van der Waals surface area contributed by atoms with Gasteiger partial charge in [-0.15, -0.1) is 0 Å². The number of hydrogen-bond donors (Lipinski definition) is 1. The Morgan fingerprint density at radius 3 is 2.64 bits per heavy atom. The SMILES string of the molecule is C/C=C\C=C1\CNCCC1=NC.CC. The van der Waals surface area contributed by atoms with Gasteiger partial charge in [0.15, 0.2) is 0 Å². The average molecular weight is 194 g/mol. The van der Waals surface area contributed by atoms with Crippen molar-refractivity contribution in [3.05, 3.63) is 23.8 Å². The second-order valence-corrected chi connectivity index (χ2v) is 2.81. The molecule has 1 aliphatic rings. The molecule has 2 nitrogen and oxygen atoms in total. The lowest BCUT2D eigenvalue weighted by Crippen LogP contribution is -2.30. The van der Waals surface area contributed by atoms with Crippen LogP contribution in [0.2, 0.25) is 0 Å². The van der Waals surface area contributed by atoms with Crippen molar-refractivity contribution in [1.82, 2.24) is 5.32 Å². The third-order valence-electron chi connectivity index (χ3n) is 1.98. The molecule has 0 saturated carbocycles. The van der Waals surface area contributed by atoms with Gasteiger partial charge < -0.3 is 5.32 Å². The highest BCUT2D eigenvalue weighted by atomic mass is 14.9. The normalized spacial score (nSPS) is 22.6. The van der Waals surface area contributed by atoms with E-state index in [1.165, 1.54) is 11.3 Å². The monoisotopic (exact) mass is 194 g/mol. The van der Waals surface area contributed by atoms with E-state index in [0.717, 1.165) is 19.5 Å². The van der Waals surface area contributed by atoms with Gasteiger partial charge in [-0.2, -0.15) is 0 Å². The van der Waals surface area contributed by atoms with Crippen LogP contribution in [0.25, 0.3) is 0 Å². The summed E-state index contributed by atoms with van der Waals surface area (Å²) in [6, 6.07) is 0. The van der Waals surface area contributed by atoms with Crippen molar-refractivity contribution in [2.45, 2.75) is 27.2 Å². The van der Waals surface area contributed by atoms with Gasteiger partial charge in [-0.3, -0.25) is 4.99 Å². The van der Waals surface area contributed by atoms with E-state index in [4.69, 9.17) is 0 Å². The molecule has 0 aromatic carbocycles. The first-order valence-electron chi connectivity index (χ1n) is 5.37. The highest BCUT2D eigenvalue weighted by Gasteiger charge is 2.09. The maximum Gasteiger partial charge on any atom is 0.0402 e. The molecule has 0 unspecified atom stereocenters. The molecule has 1 fully saturated rings. The molecular weight excluding hydrogens is 172 g/mol. The van der Waals surface area contributed by atoms with Crippen molar-refractivity contribution in [3.8, 4) is 0 Å². The summed E-state index contributed by atoms with van der Waals surface area (Å²) in [5.74, 6) is 0. The van der Waals surface area contributed by atoms with E-state index >= 15 is 0 Å². The van der Waals surface area contributed by atoms with Crippen molar-refractivity contribution >= 4 is 5.71 Å². The third-order valence-corrected chi connectivity index (χ3v) is 1.98. The van der Waals surface area contributed by atoms with Crippen molar-refractivity contribution in [1.29, 1.82) is 0 Å². The number of nitrogens with zero attached hydrogens (tertiary/aromatic N) is 1. The largest absolute Gasteiger partial charge is 0.312 e. The summed E-state index contributed by atoms with van der Waals surface area (Å²) in [5.41, 5.74) is 2.56. The standard InChI is InChI=1S/C10H16N2.C2H6/c1-3-4-5-9-8-12-7-6-10(9)11-2;1-2/h3-5,12H,6-8H2,1-2H3;1-2H3/b4-3-,9-5-,11-10?;. The second kappa shape index (κ2) is 8.70. The lowest BCUT2D eigenvalue weighted by Gasteiger charge is -2.17. The molecule has 1 saturated heterocycles. The van der Waals surface area contributed by atoms with Crippen LogP contribution in [-0.2, 0) is 0 Å². The summed E-state index contributed by atoms with van der Waals surface area (Å²) >= 11 is 0. The fourth-order valence-electron chi connectivity index (χ4n) is 1.32. The molecule has 80 valence electrons. The summed E-state index contributed by atoms with van der Waals surface area (Å²) in [4.78, 5) is 4.26. The fraction of sp³-hybridized carbons (Fsp3) is 0.583. The molecule has 14 heavy (non-hydrogen) atoms. The molecule has 0 bridgehead atoms. The van der Waals surface area contributed by atoms with Gasteiger partial charge in [0.25, 0.3) is 0 Å². The summed E-state index contributed by atoms with van der Waals surface area (Å²) in [7, 11) is 1.87. The molecular formula is C12H22N2. The van der Waals surface area contributed by atoms with E-state index < -0.39 is 0 Å². The Kier molecular flexibility index (Phi) is 8.14. The molecule has 1 heterocycles. The van der Waals surface area contributed by atoms with Gasteiger partial charge in [0.2, 0.25) is 0 Å². The maximum absolute atomic E-state index is 4.26. The van der Waals surface area contributed by atoms with Crippen LogP contribution in [0.4, 0.5) is 0 Å². The van der Waals surface area contributed by atoms with Crippen molar-refractivity contribution in [2.24, 2.45) is 4.99 Å². The highest BCUT2D eigenvalue weighted by molar-refractivity contribution is 6.01. The molecule has 1 aliphatic heterocycles. The Balaban J connectivity index is 0.000000791. The number of nitrogens with one attached hydrogen (secondary N) is 1. The first kappa shape index (κ1) is 13.1. The van der Waals surface area contributed by atoms with Crippen LogP contribution in [-0.4, -0.2) is 25.8 Å². The first-order valence-corrected chi connectivity index (χ1v) is 5.37. The molecule has 0 aliphatic carbocycles. The van der Waals surface area contributed by atoms with Gasteiger partial charge in [0.1, 0.15) is 0 Å². The Labute approximate surface area is 87.8 Å². The van der Waals surface area contributed by atoms with Gasteiger partial charge in [-0.25, -0.2) is 0 Å². The lowest BCUT2D eigenvalue weighted by atomic mass is 10.0. The van der Waals surface area contributed by atoms with Crippen LogP contribution in [0.1, 0.15) is 27.2 Å².